The van der Waals surface area contributed by atoms with Gasteiger partial charge in [0.15, 0.2) is 5.03 Å². The smallest absolute Gasteiger partial charge is 0.262 e. The molecule has 3 heterocycles. The zero-order valence-corrected chi connectivity index (χ0v) is 12.6. The summed E-state index contributed by atoms with van der Waals surface area (Å²) in [5.74, 6) is 0.619. The number of aromatic amines is 1. The van der Waals surface area contributed by atoms with Gasteiger partial charge in [-0.05, 0) is 6.42 Å². The number of aryl methyl sites for hydroxylation is 1. The van der Waals surface area contributed by atoms with Crippen molar-refractivity contribution in [2.75, 3.05) is 13.7 Å². The van der Waals surface area contributed by atoms with Crippen molar-refractivity contribution in [3.63, 3.8) is 0 Å². The lowest BCUT2D eigenvalue weighted by Gasteiger charge is -2.20. The summed E-state index contributed by atoms with van der Waals surface area (Å²) in [4.78, 5) is 11.1. The summed E-state index contributed by atoms with van der Waals surface area (Å²) in [5.41, 5.74) is 0. The number of ether oxygens (including phenoxy) is 1. The molecular formula is C12H17N5O3S. The highest BCUT2D eigenvalue weighted by Crippen LogP contribution is 2.35. The van der Waals surface area contributed by atoms with Crippen molar-refractivity contribution in [3.05, 3.63) is 30.7 Å². The molecule has 2 aromatic rings. The minimum Gasteiger partial charge on any atom is -0.380 e. The largest absolute Gasteiger partial charge is 0.380 e. The van der Waals surface area contributed by atoms with Gasteiger partial charge in [-0.1, -0.05) is 0 Å². The summed E-state index contributed by atoms with van der Waals surface area (Å²) < 4.78 is 33.9. The molecule has 0 aliphatic carbocycles. The van der Waals surface area contributed by atoms with Crippen LogP contribution in [-0.4, -0.2) is 52.0 Å². The Morgan fingerprint density at radius 1 is 1.43 bits per heavy atom. The first-order valence-corrected chi connectivity index (χ1v) is 7.98. The van der Waals surface area contributed by atoms with E-state index in [4.69, 9.17) is 4.74 Å². The van der Waals surface area contributed by atoms with Crippen LogP contribution in [0.25, 0.3) is 0 Å². The quantitative estimate of drug-likeness (QED) is 0.876. The van der Waals surface area contributed by atoms with Crippen LogP contribution in [0, 0.1) is 0 Å². The van der Waals surface area contributed by atoms with Crippen molar-refractivity contribution in [1.29, 1.82) is 0 Å². The predicted molar refractivity (Wildman–Crippen MR) is 73.8 cm³/mol. The minimum atomic E-state index is -3.67. The molecule has 3 rings (SSSR count). The molecule has 1 N–H and O–H groups in total. The number of nitrogens with zero attached hydrogens (tertiary/aromatic N) is 4. The zero-order chi connectivity index (χ0) is 15.0. The molecule has 21 heavy (non-hydrogen) atoms. The lowest BCUT2D eigenvalue weighted by Crippen LogP contribution is -2.32. The molecule has 1 aliphatic rings. The topological polar surface area (TPSA) is 93.1 Å². The highest BCUT2D eigenvalue weighted by atomic mass is 32.2. The van der Waals surface area contributed by atoms with Crippen molar-refractivity contribution >= 4 is 10.0 Å². The maximum absolute atomic E-state index is 12.8. The molecule has 0 radical (unpaired) electrons. The van der Waals surface area contributed by atoms with E-state index < -0.39 is 10.0 Å². The molecule has 0 bridgehead atoms. The summed E-state index contributed by atoms with van der Waals surface area (Å²) in [6.45, 7) is 0.292. The third kappa shape index (κ3) is 2.47. The van der Waals surface area contributed by atoms with E-state index in [0.717, 1.165) is 0 Å². The van der Waals surface area contributed by atoms with Gasteiger partial charge in [0.25, 0.3) is 10.0 Å². The van der Waals surface area contributed by atoms with E-state index in [0.29, 0.717) is 18.8 Å². The molecule has 0 aromatic carbocycles. The zero-order valence-electron chi connectivity index (χ0n) is 11.8. The van der Waals surface area contributed by atoms with Crippen LogP contribution in [0.15, 0.2) is 29.9 Å². The number of imidazole rings is 2. The molecule has 8 nitrogen and oxygen atoms in total. The average Bonchev–Trinajstić information content (AvgIpc) is 3.18. The van der Waals surface area contributed by atoms with Crippen molar-refractivity contribution in [3.8, 4) is 0 Å². The fourth-order valence-corrected chi connectivity index (χ4v) is 4.16. The number of H-pyrrole nitrogens is 1. The van der Waals surface area contributed by atoms with Gasteiger partial charge in [0.1, 0.15) is 5.82 Å². The summed E-state index contributed by atoms with van der Waals surface area (Å²) in [6.07, 6.45) is 6.67. The van der Waals surface area contributed by atoms with E-state index in [1.807, 2.05) is 0 Å². The number of aromatic nitrogens is 4. The maximum Gasteiger partial charge on any atom is 0.262 e. The lowest BCUT2D eigenvalue weighted by molar-refractivity contribution is 0.114. The van der Waals surface area contributed by atoms with E-state index >= 15 is 0 Å². The summed E-state index contributed by atoms with van der Waals surface area (Å²) in [6, 6.07) is -0.364. The molecular weight excluding hydrogens is 294 g/mol. The van der Waals surface area contributed by atoms with Crippen molar-refractivity contribution in [2.45, 2.75) is 23.6 Å². The monoisotopic (exact) mass is 311 g/mol. The third-order valence-electron chi connectivity index (χ3n) is 3.64. The van der Waals surface area contributed by atoms with Crippen molar-refractivity contribution < 1.29 is 13.2 Å². The number of hydrogen-bond donors (Lipinski definition) is 1. The number of hydrogen-bond acceptors (Lipinski definition) is 5. The van der Waals surface area contributed by atoms with Gasteiger partial charge in [0, 0.05) is 39.3 Å². The first-order valence-electron chi connectivity index (χ1n) is 6.54. The summed E-state index contributed by atoms with van der Waals surface area (Å²) >= 11 is 0. The second kappa shape index (κ2) is 5.24. The predicted octanol–water partition coefficient (Wildman–Crippen LogP) is 0.294. The number of nitrogens with one attached hydrogen (secondary N) is 1. The van der Waals surface area contributed by atoms with E-state index in [1.54, 1.807) is 31.1 Å². The van der Waals surface area contributed by atoms with Crippen LogP contribution < -0.4 is 0 Å². The minimum absolute atomic E-state index is 0.0401. The van der Waals surface area contributed by atoms with E-state index in [2.05, 4.69) is 15.0 Å². The average molecular weight is 311 g/mol. The van der Waals surface area contributed by atoms with E-state index in [-0.39, 0.29) is 17.2 Å². The van der Waals surface area contributed by atoms with Crippen LogP contribution in [0.1, 0.15) is 18.3 Å². The first kappa shape index (κ1) is 14.2. The molecule has 1 fully saturated rings. The lowest BCUT2D eigenvalue weighted by atomic mass is 10.2. The Balaban J connectivity index is 1.98. The number of rotatable bonds is 4. The molecule has 9 heteroatoms. The van der Waals surface area contributed by atoms with Crippen LogP contribution in [0.4, 0.5) is 0 Å². The van der Waals surface area contributed by atoms with E-state index in [9.17, 15) is 8.42 Å². The van der Waals surface area contributed by atoms with E-state index in [1.165, 1.54) is 16.8 Å². The SMILES string of the molecule is CO[C@@H]1CC(c2ncc[nH]2)N(S(=O)(=O)c2cn(C)cn2)C1. The van der Waals surface area contributed by atoms with Crippen LogP contribution in [0.3, 0.4) is 0 Å². The molecule has 2 aromatic heterocycles. The fourth-order valence-electron chi connectivity index (χ4n) is 2.56. The Bertz CT molecular complexity index is 709. The molecule has 2 atom stereocenters. The summed E-state index contributed by atoms with van der Waals surface area (Å²) in [5, 5.41) is 0.0401. The van der Waals surface area contributed by atoms with Gasteiger partial charge in [-0.25, -0.2) is 18.4 Å². The van der Waals surface area contributed by atoms with Crippen molar-refractivity contribution in [2.24, 2.45) is 7.05 Å². The van der Waals surface area contributed by atoms with Crippen LogP contribution >= 0.6 is 0 Å². The number of sulfonamides is 1. The maximum atomic E-state index is 12.8. The Morgan fingerprint density at radius 3 is 2.81 bits per heavy atom. The van der Waals surface area contributed by atoms with Crippen LogP contribution in [0.5, 0.6) is 0 Å². The Morgan fingerprint density at radius 2 is 2.24 bits per heavy atom. The molecule has 114 valence electrons. The molecule has 0 amide bonds. The number of methoxy groups -OCH3 is 1. The molecule has 0 spiro atoms. The van der Waals surface area contributed by atoms with Gasteiger partial charge in [-0.2, -0.15) is 4.31 Å². The third-order valence-corrected chi connectivity index (χ3v) is 5.40. The van der Waals surface area contributed by atoms with Crippen molar-refractivity contribution in [1.82, 2.24) is 23.8 Å². The highest BCUT2D eigenvalue weighted by molar-refractivity contribution is 7.89. The Labute approximate surface area is 122 Å². The first-order chi connectivity index (χ1) is 10.0. The Hall–Kier alpha value is -1.71. The van der Waals surface area contributed by atoms with Gasteiger partial charge in [0.2, 0.25) is 0 Å². The van der Waals surface area contributed by atoms with Gasteiger partial charge in [-0.15, -0.1) is 0 Å². The molecule has 1 unspecified atom stereocenters. The molecule has 1 saturated heterocycles. The van der Waals surface area contributed by atoms with Gasteiger partial charge < -0.3 is 14.3 Å². The Kier molecular flexibility index (Phi) is 3.56. The normalized spacial score (nSPS) is 23.7. The fraction of sp³-hybridized carbons (Fsp3) is 0.500. The van der Waals surface area contributed by atoms with Crippen LogP contribution in [0.2, 0.25) is 0 Å². The van der Waals surface area contributed by atoms with Gasteiger partial charge in [0.05, 0.1) is 18.5 Å². The highest BCUT2D eigenvalue weighted by Gasteiger charge is 2.43. The second-order valence-electron chi connectivity index (χ2n) is 5.04. The standard InChI is InChI=1S/C12H17N5O3S/c1-16-7-11(15-8-16)21(18,19)17-6-9(20-2)5-10(17)12-13-3-4-14-12/h3-4,7-10H,5-6H2,1-2H3,(H,13,14)/t9-,10?/m1/s1. The molecule has 0 saturated carbocycles. The van der Waals surface area contributed by atoms with Gasteiger partial charge >= 0.3 is 0 Å². The van der Waals surface area contributed by atoms with Crippen LogP contribution in [-0.2, 0) is 21.8 Å². The molecule has 1 aliphatic heterocycles. The summed E-state index contributed by atoms with van der Waals surface area (Å²) in [7, 11) is -0.357. The van der Waals surface area contributed by atoms with Gasteiger partial charge in [-0.3, -0.25) is 0 Å². The second-order valence-corrected chi connectivity index (χ2v) is 6.87.